The Bertz CT molecular complexity index is 1020. The highest BCUT2D eigenvalue weighted by Crippen LogP contribution is 2.24. The first-order chi connectivity index (χ1) is 14.9. The number of hydrogen-bond donors (Lipinski definition) is 2. The summed E-state index contributed by atoms with van der Waals surface area (Å²) < 4.78 is 24.8. The van der Waals surface area contributed by atoms with E-state index >= 15 is 0 Å². The molecule has 0 aliphatic carbocycles. The highest BCUT2D eigenvalue weighted by molar-refractivity contribution is 7.92. The smallest absolute Gasteiger partial charge is 0.241 e. The van der Waals surface area contributed by atoms with Crippen molar-refractivity contribution in [1.82, 2.24) is 25.3 Å². The van der Waals surface area contributed by atoms with E-state index < -0.39 is 14.6 Å². The van der Waals surface area contributed by atoms with Crippen LogP contribution in [0.5, 0.6) is 0 Å². The van der Waals surface area contributed by atoms with Gasteiger partial charge >= 0.3 is 0 Å². The predicted molar refractivity (Wildman–Crippen MR) is 122 cm³/mol. The van der Waals surface area contributed by atoms with Crippen molar-refractivity contribution in [3.63, 3.8) is 0 Å². The number of amides is 2. The van der Waals surface area contributed by atoms with Crippen molar-refractivity contribution >= 4 is 21.7 Å². The maximum absolute atomic E-state index is 12.9. The second kappa shape index (κ2) is 10.7. The fourth-order valence-corrected chi connectivity index (χ4v) is 4.74. The lowest BCUT2D eigenvalue weighted by molar-refractivity contribution is -0.139. The molecule has 10 heteroatoms. The number of H-pyrrole nitrogens is 1. The van der Waals surface area contributed by atoms with Gasteiger partial charge in [-0.05, 0) is 46.3 Å². The molecular formula is C22H33N5O4S. The minimum Gasteiger partial charge on any atom is -0.333 e. The molecule has 2 rings (SSSR count). The Labute approximate surface area is 190 Å². The first kappa shape index (κ1) is 25.5. The van der Waals surface area contributed by atoms with Gasteiger partial charge in [-0.3, -0.25) is 20.0 Å². The third kappa shape index (κ3) is 6.89. The van der Waals surface area contributed by atoms with Crippen molar-refractivity contribution in [2.45, 2.75) is 49.4 Å². The number of aromatic nitrogens is 2. The van der Waals surface area contributed by atoms with Crippen LogP contribution in [-0.4, -0.2) is 72.5 Å². The van der Waals surface area contributed by atoms with Crippen LogP contribution in [-0.2, 0) is 32.3 Å². The van der Waals surface area contributed by atoms with E-state index in [1.807, 2.05) is 49.3 Å². The number of sulfone groups is 1. The molecule has 32 heavy (non-hydrogen) atoms. The summed E-state index contributed by atoms with van der Waals surface area (Å²) in [6.45, 7) is 3.66. The molecule has 1 heterocycles. The Morgan fingerprint density at radius 1 is 1.06 bits per heavy atom. The second-order valence-electron chi connectivity index (χ2n) is 8.69. The minimum absolute atomic E-state index is 0.0955. The molecule has 2 amide bonds. The molecule has 0 saturated carbocycles. The van der Waals surface area contributed by atoms with E-state index in [0.29, 0.717) is 18.7 Å². The van der Waals surface area contributed by atoms with E-state index in [1.165, 1.54) is 18.3 Å². The average molecular weight is 464 g/mol. The number of carbonyl (C=O) groups is 2. The average Bonchev–Trinajstić information content (AvgIpc) is 3.20. The second-order valence-corrected chi connectivity index (χ2v) is 11.2. The molecule has 0 spiro atoms. The van der Waals surface area contributed by atoms with Gasteiger partial charge in [0.2, 0.25) is 26.8 Å². The van der Waals surface area contributed by atoms with Crippen LogP contribution in [0, 0.1) is 0 Å². The SMILES string of the molecule is CN(C)CC(C)(C)S(=O)(=O)c1ncc(CCC(=O)N(C)NC(=O)CCc2ccccc2)[nH]1. The Kier molecular flexibility index (Phi) is 8.57. The molecule has 0 aliphatic rings. The van der Waals surface area contributed by atoms with Gasteiger partial charge in [0.1, 0.15) is 0 Å². The molecule has 0 bridgehead atoms. The fraction of sp³-hybridized carbons (Fsp3) is 0.500. The molecule has 0 aliphatic heterocycles. The molecule has 0 radical (unpaired) electrons. The number of nitrogens with one attached hydrogen (secondary N) is 2. The normalized spacial score (nSPS) is 12.1. The van der Waals surface area contributed by atoms with Crippen molar-refractivity contribution in [2.75, 3.05) is 27.7 Å². The summed E-state index contributed by atoms with van der Waals surface area (Å²) in [7, 11) is 1.45. The van der Waals surface area contributed by atoms with Crippen LogP contribution >= 0.6 is 0 Å². The van der Waals surface area contributed by atoms with E-state index in [4.69, 9.17) is 0 Å². The van der Waals surface area contributed by atoms with E-state index in [1.54, 1.807) is 13.8 Å². The number of aryl methyl sites for hydroxylation is 2. The highest BCUT2D eigenvalue weighted by Gasteiger charge is 2.38. The molecule has 0 atom stereocenters. The molecular weight excluding hydrogens is 430 g/mol. The highest BCUT2D eigenvalue weighted by atomic mass is 32.2. The van der Waals surface area contributed by atoms with Crippen LogP contribution in [0.4, 0.5) is 0 Å². The van der Waals surface area contributed by atoms with E-state index in [-0.39, 0.29) is 36.2 Å². The zero-order valence-electron chi connectivity index (χ0n) is 19.4. The Hall–Kier alpha value is -2.72. The molecule has 0 saturated heterocycles. The summed E-state index contributed by atoms with van der Waals surface area (Å²) in [5.41, 5.74) is 4.17. The molecule has 176 valence electrons. The van der Waals surface area contributed by atoms with Gasteiger partial charge in [-0.1, -0.05) is 30.3 Å². The Morgan fingerprint density at radius 2 is 1.72 bits per heavy atom. The monoisotopic (exact) mass is 463 g/mol. The van der Waals surface area contributed by atoms with Crippen LogP contribution in [0.2, 0.25) is 0 Å². The number of carbonyl (C=O) groups excluding carboxylic acids is 2. The number of rotatable bonds is 10. The molecule has 0 unspecified atom stereocenters. The van der Waals surface area contributed by atoms with Crippen LogP contribution in [0.15, 0.2) is 41.7 Å². The van der Waals surface area contributed by atoms with Crippen molar-refractivity contribution in [2.24, 2.45) is 0 Å². The van der Waals surface area contributed by atoms with Gasteiger partial charge in [0.15, 0.2) is 0 Å². The lowest BCUT2D eigenvalue weighted by Crippen LogP contribution is -2.43. The lowest BCUT2D eigenvalue weighted by Gasteiger charge is -2.26. The van der Waals surface area contributed by atoms with Gasteiger partial charge in [-0.25, -0.2) is 13.4 Å². The van der Waals surface area contributed by atoms with Gasteiger partial charge < -0.3 is 9.88 Å². The van der Waals surface area contributed by atoms with Crippen LogP contribution < -0.4 is 5.43 Å². The standard InChI is InChI=1S/C22H33N5O4S/c1-22(2,16-26(3)4)32(30,31)21-23-15-18(24-21)12-14-20(29)27(5)25-19(28)13-11-17-9-7-6-8-10-17/h6-10,15H,11-14,16H2,1-5H3,(H,23,24)(H,25,28). The summed E-state index contributed by atoms with van der Waals surface area (Å²) in [5, 5.41) is 1.07. The number of nitrogens with zero attached hydrogens (tertiary/aromatic N) is 3. The summed E-state index contributed by atoms with van der Waals surface area (Å²) in [4.78, 5) is 33.1. The number of aromatic amines is 1. The third-order valence-corrected chi connectivity index (χ3v) is 7.34. The molecule has 9 nitrogen and oxygen atoms in total. The van der Waals surface area contributed by atoms with Gasteiger partial charge in [0, 0.05) is 38.3 Å². The summed E-state index contributed by atoms with van der Waals surface area (Å²) in [5.74, 6) is -0.534. The number of hydrazine groups is 1. The first-order valence-corrected chi connectivity index (χ1v) is 11.9. The van der Waals surface area contributed by atoms with Crippen LogP contribution in [0.25, 0.3) is 0 Å². The van der Waals surface area contributed by atoms with Crippen LogP contribution in [0.1, 0.15) is 37.9 Å². The Balaban J connectivity index is 1.86. The number of benzene rings is 1. The zero-order chi connectivity index (χ0) is 23.9. The topological polar surface area (TPSA) is 115 Å². The molecule has 1 aromatic heterocycles. The number of hydrogen-bond acceptors (Lipinski definition) is 6. The molecule has 2 aromatic rings. The van der Waals surface area contributed by atoms with Crippen molar-refractivity contribution in [1.29, 1.82) is 0 Å². The quantitative estimate of drug-likeness (QED) is 0.517. The maximum atomic E-state index is 12.9. The minimum atomic E-state index is -3.67. The largest absolute Gasteiger partial charge is 0.333 e. The zero-order valence-corrected chi connectivity index (χ0v) is 20.2. The van der Waals surface area contributed by atoms with Crippen molar-refractivity contribution in [3.8, 4) is 0 Å². The van der Waals surface area contributed by atoms with E-state index in [0.717, 1.165) is 5.56 Å². The fourth-order valence-electron chi connectivity index (χ4n) is 3.33. The molecule has 0 fully saturated rings. The van der Waals surface area contributed by atoms with Crippen molar-refractivity contribution < 1.29 is 18.0 Å². The third-order valence-electron chi connectivity index (χ3n) is 5.04. The van der Waals surface area contributed by atoms with Crippen LogP contribution in [0.3, 0.4) is 0 Å². The number of imidazole rings is 1. The summed E-state index contributed by atoms with van der Waals surface area (Å²) in [6.07, 6.45) is 2.67. The Morgan fingerprint density at radius 3 is 2.34 bits per heavy atom. The first-order valence-electron chi connectivity index (χ1n) is 10.5. The molecule has 2 N–H and O–H groups in total. The van der Waals surface area contributed by atoms with Crippen molar-refractivity contribution in [3.05, 3.63) is 47.8 Å². The van der Waals surface area contributed by atoms with Gasteiger partial charge in [0.25, 0.3) is 0 Å². The maximum Gasteiger partial charge on any atom is 0.241 e. The predicted octanol–water partition coefficient (Wildman–Crippen LogP) is 1.58. The van der Waals surface area contributed by atoms with Gasteiger partial charge in [-0.2, -0.15) is 0 Å². The molecule has 1 aromatic carbocycles. The van der Waals surface area contributed by atoms with Gasteiger partial charge in [-0.15, -0.1) is 0 Å². The van der Waals surface area contributed by atoms with E-state index in [9.17, 15) is 18.0 Å². The van der Waals surface area contributed by atoms with E-state index in [2.05, 4.69) is 15.4 Å². The summed E-state index contributed by atoms with van der Waals surface area (Å²) >= 11 is 0. The lowest BCUT2D eigenvalue weighted by atomic mass is 10.1. The summed E-state index contributed by atoms with van der Waals surface area (Å²) in [6, 6.07) is 9.64. The van der Waals surface area contributed by atoms with Gasteiger partial charge in [0.05, 0.1) is 4.75 Å².